The van der Waals surface area contributed by atoms with Crippen molar-refractivity contribution in [2.75, 3.05) is 0 Å². The van der Waals surface area contributed by atoms with Gasteiger partial charge in [0.1, 0.15) is 5.82 Å². The molecule has 0 spiro atoms. The molecular weight excluding hydrogens is 315 g/mol. The number of benzene rings is 2. The van der Waals surface area contributed by atoms with Crippen LogP contribution in [0, 0.1) is 12.7 Å². The van der Waals surface area contributed by atoms with Crippen LogP contribution in [0.4, 0.5) is 4.39 Å². The van der Waals surface area contributed by atoms with Gasteiger partial charge < -0.3 is 0 Å². The van der Waals surface area contributed by atoms with Crippen LogP contribution in [0.15, 0.2) is 42.5 Å². The number of aryl methyl sites for hydroxylation is 2. The summed E-state index contributed by atoms with van der Waals surface area (Å²) in [6.45, 7) is 4.16. The Hall–Kier alpha value is -1.15. The lowest BCUT2D eigenvalue weighted by Gasteiger charge is -2.14. The van der Waals surface area contributed by atoms with Crippen LogP contribution in [0.2, 0.25) is 0 Å². The molecule has 2 heteroatoms. The number of unbranched alkanes of at least 4 members (excludes halogenated alkanes) is 1. The quantitative estimate of drug-likeness (QED) is 0.591. The first-order valence-corrected chi connectivity index (χ1v) is 8.02. The van der Waals surface area contributed by atoms with Crippen LogP contribution < -0.4 is 0 Å². The van der Waals surface area contributed by atoms with Crippen LogP contribution in [0.3, 0.4) is 0 Å². The summed E-state index contributed by atoms with van der Waals surface area (Å²) >= 11 is 3.72. The molecule has 2 aromatic rings. The zero-order valence-corrected chi connectivity index (χ0v) is 13.6. The van der Waals surface area contributed by atoms with Gasteiger partial charge in [0, 0.05) is 0 Å². The van der Waals surface area contributed by atoms with Gasteiger partial charge in [-0.1, -0.05) is 59.6 Å². The van der Waals surface area contributed by atoms with Crippen molar-refractivity contribution in [3.8, 4) is 0 Å². The zero-order valence-electron chi connectivity index (χ0n) is 12.0. The molecule has 0 bridgehead atoms. The third-order valence-electron chi connectivity index (χ3n) is 3.60. The van der Waals surface area contributed by atoms with Crippen LogP contribution in [-0.4, -0.2) is 0 Å². The van der Waals surface area contributed by atoms with Crippen LogP contribution in [0.25, 0.3) is 0 Å². The van der Waals surface area contributed by atoms with Gasteiger partial charge in [-0.2, -0.15) is 0 Å². The van der Waals surface area contributed by atoms with Crippen molar-refractivity contribution in [1.82, 2.24) is 0 Å². The highest BCUT2D eigenvalue weighted by molar-refractivity contribution is 9.09. The zero-order chi connectivity index (χ0) is 14.5. The largest absolute Gasteiger partial charge is 0.207 e. The van der Waals surface area contributed by atoms with Gasteiger partial charge in [0.15, 0.2) is 0 Å². The van der Waals surface area contributed by atoms with E-state index in [4.69, 9.17) is 0 Å². The Morgan fingerprint density at radius 2 is 1.80 bits per heavy atom. The van der Waals surface area contributed by atoms with E-state index in [1.54, 1.807) is 6.07 Å². The molecule has 0 heterocycles. The van der Waals surface area contributed by atoms with Crippen molar-refractivity contribution in [1.29, 1.82) is 0 Å². The highest BCUT2D eigenvalue weighted by Gasteiger charge is 2.13. The summed E-state index contributed by atoms with van der Waals surface area (Å²) in [5, 5.41) is 0. The summed E-state index contributed by atoms with van der Waals surface area (Å²) in [7, 11) is 0. The summed E-state index contributed by atoms with van der Waals surface area (Å²) in [6.07, 6.45) is 3.59. The van der Waals surface area contributed by atoms with Crippen molar-refractivity contribution in [3.63, 3.8) is 0 Å². The van der Waals surface area contributed by atoms with Gasteiger partial charge in [-0.25, -0.2) is 4.39 Å². The van der Waals surface area contributed by atoms with E-state index < -0.39 is 0 Å². The molecule has 0 nitrogen and oxygen atoms in total. The van der Waals surface area contributed by atoms with Crippen LogP contribution in [-0.2, 0) is 6.42 Å². The van der Waals surface area contributed by atoms with Gasteiger partial charge in [0.2, 0.25) is 0 Å². The Bertz CT molecular complexity index is 560. The monoisotopic (exact) mass is 334 g/mol. The minimum absolute atomic E-state index is 0.114. The average Bonchev–Trinajstić information content (AvgIpc) is 2.45. The standard InChI is InChI=1S/C18H20BrF/c1-3-4-5-14-6-8-15(9-7-14)18(19)17-11-10-16(20)12-13(17)2/h6-12,18H,3-5H2,1-2H3. The van der Waals surface area contributed by atoms with E-state index in [1.165, 1.54) is 30.0 Å². The van der Waals surface area contributed by atoms with Crippen LogP contribution >= 0.6 is 15.9 Å². The fourth-order valence-electron chi connectivity index (χ4n) is 2.34. The lowest BCUT2D eigenvalue weighted by Crippen LogP contribution is -1.97. The molecule has 0 aliphatic heterocycles. The molecule has 0 saturated carbocycles. The van der Waals surface area contributed by atoms with Crippen LogP contribution in [0.1, 0.15) is 46.8 Å². The first-order chi connectivity index (χ1) is 9.61. The van der Waals surface area contributed by atoms with Crippen molar-refractivity contribution >= 4 is 15.9 Å². The van der Waals surface area contributed by atoms with E-state index in [9.17, 15) is 4.39 Å². The Balaban J connectivity index is 2.18. The van der Waals surface area contributed by atoms with Crippen molar-refractivity contribution < 1.29 is 4.39 Å². The smallest absolute Gasteiger partial charge is 0.123 e. The maximum Gasteiger partial charge on any atom is 0.123 e. The molecule has 1 unspecified atom stereocenters. The lowest BCUT2D eigenvalue weighted by atomic mass is 9.98. The number of hydrogen-bond donors (Lipinski definition) is 0. The van der Waals surface area contributed by atoms with E-state index in [-0.39, 0.29) is 10.6 Å². The van der Waals surface area contributed by atoms with Gasteiger partial charge in [0.25, 0.3) is 0 Å². The van der Waals surface area contributed by atoms with Gasteiger partial charge in [-0.15, -0.1) is 0 Å². The van der Waals surface area contributed by atoms with Crippen LogP contribution in [0.5, 0.6) is 0 Å². The lowest BCUT2D eigenvalue weighted by molar-refractivity contribution is 0.626. The molecule has 0 amide bonds. The van der Waals surface area contributed by atoms with E-state index in [2.05, 4.69) is 47.1 Å². The summed E-state index contributed by atoms with van der Waals surface area (Å²) in [5.41, 5.74) is 4.68. The van der Waals surface area contributed by atoms with Gasteiger partial charge in [-0.05, 0) is 54.2 Å². The summed E-state index contributed by atoms with van der Waals surface area (Å²) in [6, 6.07) is 13.7. The summed E-state index contributed by atoms with van der Waals surface area (Å²) in [4.78, 5) is 0.114. The molecule has 0 aliphatic rings. The second-order valence-corrected chi connectivity index (χ2v) is 6.12. The molecule has 1 atom stereocenters. The van der Waals surface area contributed by atoms with Gasteiger partial charge in [0.05, 0.1) is 4.83 Å². The third kappa shape index (κ3) is 3.69. The molecular formula is C18H20BrF. The Kier molecular flexibility index (Phi) is 5.36. The fraction of sp³-hybridized carbons (Fsp3) is 0.333. The predicted molar refractivity (Wildman–Crippen MR) is 87.0 cm³/mol. The highest BCUT2D eigenvalue weighted by Crippen LogP contribution is 2.33. The SMILES string of the molecule is CCCCc1ccc(C(Br)c2ccc(F)cc2C)cc1. The van der Waals surface area contributed by atoms with Crippen molar-refractivity contribution in [2.45, 2.75) is 37.9 Å². The Morgan fingerprint density at radius 3 is 2.40 bits per heavy atom. The normalized spacial score (nSPS) is 12.4. The molecule has 0 aromatic heterocycles. The molecule has 20 heavy (non-hydrogen) atoms. The van der Waals surface area contributed by atoms with Gasteiger partial charge in [-0.3, -0.25) is 0 Å². The van der Waals surface area contributed by atoms with E-state index >= 15 is 0 Å². The molecule has 0 N–H and O–H groups in total. The number of alkyl halides is 1. The van der Waals surface area contributed by atoms with E-state index in [0.29, 0.717) is 0 Å². The topological polar surface area (TPSA) is 0 Å². The second kappa shape index (κ2) is 7.03. The summed E-state index contributed by atoms with van der Waals surface area (Å²) < 4.78 is 13.2. The molecule has 0 radical (unpaired) electrons. The predicted octanol–water partition coefficient (Wildman–Crippen LogP) is 5.96. The maximum atomic E-state index is 13.2. The Labute approximate surface area is 129 Å². The Morgan fingerprint density at radius 1 is 1.10 bits per heavy atom. The number of rotatable bonds is 5. The minimum atomic E-state index is -0.180. The number of hydrogen-bond acceptors (Lipinski definition) is 0. The first kappa shape index (κ1) is 15.2. The fourth-order valence-corrected chi connectivity index (χ4v) is 3.16. The highest BCUT2D eigenvalue weighted by atomic mass is 79.9. The average molecular weight is 335 g/mol. The van der Waals surface area contributed by atoms with E-state index in [0.717, 1.165) is 17.5 Å². The van der Waals surface area contributed by atoms with E-state index in [1.807, 2.05) is 13.0 Å². The molecule has 0 fully saturated rings. The molecule has 0 saturated heterocycles. The molecule has 0 aliphatic carbocycles. The molecule has 2 aromatic carbocycles. The molecule has 106 valence electrons. The second-order valence-electron chi connectivity index (χ2n) is 5.21. The third-order valence-corrected chi connectivity index (χ3v) is 4.62. The minimum Gasteiger partial charge on any atom is -0.207 e. The van der Waals surface area contributed by atoms with Crippen molar-refractivity contribution in [2.24, 2.45) is 0 Å². The van der Waals surface area contributed by atoms with Gasteiger partial charge >= 0.3 is 0 Å². The molecule has 2 rings (SSSR count). The van der Waals surface area contributed by atoms with Crippen molar-refractivity contribution in [3.05, 3.63) is 70.5 Å². The first-order valence-electron chi connectivity index (χ1n) is 7.10. The maximum absolute atomic E-state index is 13.2. The number of halogens is 2. The summed E-state index contributed by atoms with van der Waals surface area (Å²) in [5.74, 6) is -0.180.